The summed E-state index contributed by atoms with van der Waals surface area (Å²) in [4.78, 5) is 267. The van der Waals surface area contributed by atoms with Crippen LogP contribution in [-0.4, -0.2) is 271 Å². The number of rotatable bonds is 26. The van der Waals surface area contributed by atoms with E-state index in [9.17, 15) is 68.1 Å². The van der Waals surface area contributed by atoms with Crippen LogP contribution in [0.4, 0.5) is 0 Å². The Morgan fingerprint density at radius 3 is 1.50 bits per heavy atom. The van der Waals surface area contributed by atoms with Gasteiger partial charge in [-0.25, -0.2) is 0 Å². The number of nitrogens with zero attached hydrogens (tertiary/aromatic N) is 2. The van der Waals surface area contributed by atoms with E-state index in [2.05, 4.69) is 79.4 Å². The summed E-state index contributed by atoms with van der Waals surface area (Å²) in [6.07, 6.45) is -2.06. The molecule has 8 rings (SSSR count). The van der Waals surface area contributed by atoms with Crippen molar-refractivity contribution in [3.63, 3.8) is 0 Å². The van der Waals surface area contributed by atoms with Crippen molar-refractivity contribution in [2.45, 2.75) is 223 Å². The van der Waals surface area contributed by atoms with Gasteiger partial charge in [-0.15, -0.1) is 11.8 Å². The van der Waals surface area contributed by atoms with Crippen molar-refractivity contribution in [1.82, 2.24) is 89.2 Å². The average Bonchev–Trinajstić information content (AvgIpc) is 1.63. The Labute approximate surface area is 802 Å². The van der Waals surface area contributed by atoms with Crippen molar-refractivity contribution < 1.29 is 102 Å². The van der Waals surface area contributed by atoms with Gasteiger partial charge in [0.2, 0.25) is 100 Å². The number of aromatic amines is 1. The second-order valence-corrected chi connectivity index (χ2v) is 36.5. The lowest BCUT2D eigenvalue weighted by molar-refractivity contribution is -0.148. The number of benzene rings is 5. The van der Waals surface area contributed by atoms with Crippen LogP contribution >= 0.6 is 11.8 Å². The molecule has 0 radical (unpaired) electrons. The van der Waals surface area contributed by atoms with Crippen LogP contribution in [0.1, 0.15) is 129 Å². The minimum absolute atomic E-state index is 0.0110. The number of H-pyrrole nitrogens is 1. The molecule has 0 saturated carbocycles. The number of carbonyl (C=O) groups excluding carboxylic acids is 17. The van der Waals surface area contributed by atoms with Gasteiger partial charge < -0.3 is 122 Å². The maximum Gasteiger partial charge on any atom is 0.305 e. The third-order valence-corrected chi connectivity index (χ3v) is 24.3. The lowest BCUT2D eigenvalue weighted by Crippen LogP contribution is -2.62. The number of nitrogens with one attached hydrogen (secondary N) is 16. The summed E-state index contributed by atoms with van der Waals surface area (Å²) in [6.45, 7) is 11.2. The number of aliphatic carboxylic acids is 1. The molecule has 0 unspecified atom stereocenters. The highest BCUT2D eigenvalue weighted by Crippen LogP contribution is 2.26. The first kappa shape index (κ1) is 109. The predicted octanol–water partition coefficient (Wildman–Crippen LogP) is -1.44. The molecule has 3 heterocycles. The third-order valence-electron chi connectivity index (χ3n) is 23.3. The van der Waals surface area contributed by atoms with E-state index in [1.807, 2.05) is 30.3 Å². The number of carboxylic acids is 1. The molecule has 25 N–H and O–H groups in total. The van der Waals surface area contributed by atoms with E-state index >= 15 is 33.6 Å². The fourth-order valence-corrected chi connectivity index (χ4v) is 16.5. The lowest BCUT2D eigenvalue weighted by Gasteiger charge is -2.34. The van der Waals surface area contributed by atoms with Gasteiger partial charge in [0.1, 0.15) is 96.4 Å². The van der Waals surface area contributed by atoms with E-state index in [4.69, 9.17) is 22.6 Å². The van der Waals surface area contributed by atoms with E-state index in [1.54, 1.807) is 113 Å². The number of aromatic nitrogens is 1. The third kappa shape index (κ3) is 33.2. The molecule has 42 nitrogen and oxygen atoms in total. The van der Waals surface area contributed by atoms with Gasteiger partial charge >= 0.3 is 5.97 Å². The number of nitrogens with two attached hydrogens (primary N) is 3. The molecule has 5 aromatic carbocycles. The molecule has 6 aromatic rings. The smallest absolute Gasteiger partial charge is 0.305 e. The number of aliphatic hydroxyl groups excluding tert-OH is 1. The number of primary amides is 2. The van der Waals surface area contributed by atoms with Gasteiger partial charge in [-0.2, -0.15) is 0 Å². The molecule has 138 heavy (non-hydrogen) atoms. The van der Waals surface area contributed by atoms with Gasteiger partial charge in [0, 0.05) is 68.7 Å². The van der Waals surface area contributed by atoms with Crippen LogP contribution in [0.2, 0.25) is 0 Å². The van der Waals surface area contributed by atoms with Crippen molar-refractivity contribution in [1.29, 1.82) is 5.41 Å². The highest BCUT2D eigenvalue weighted by atomic mass is 32.2. The maximum absolute atomic E-state index is 15.5. The quantitative estimate of drug-likeness (QED) is 0.0168. The first-order valence-corrected chi connectivity index (χ1v) is 46.7. The van der Waals surface area contributed by atoms with Crippen LogP contribution in [0.5, 0.6) is 5.75 Å². The largest absolute Gasteiger partial charge is 0.508 e. The molecule has 1 aromatic heterocycles. The standard InChI is InChI=1S/C95H127N21O21S/c1-50(2)38-65-81(124)107-68(41-56-28-32-59(33-29-56)58-22-14-11-15-23-58)83(126)104-64(26-18-36-100-95(98)99)94(137)115(9)54(8)93(136)116-37-19-27-75(116)91(134)111-71(44-76(96)119)86(129)106-66(39-51(3)4)88(131)114-79(52(5)6)92(135)112-73(47-117)89(132)113-74(90(133)102-53(7)80(97)123)48-138-49-77(120)103-67(40-55-20-12-10-13-21-55)82(125)108-69(42-57-30-34-61(118)35-31-57)84(127)110-72(45-78(121)122)87(130)109-70(85(128)105-65)43-60-46-101-63-25-17-16-24-62(60)63/h10-17,20-25,28-35,46,50-54,64-75,79,101,117-118H,18-19,26-27,36-45,47-49H2,1-9H3,(H2,96,119)(H2,97,123)(H,102,133)(H,103,120)(H,104,126)(H,105,128)(H,106,129)(H,107,124)(H,108,125)(H,109,130)(H,110,127)(H,111,134)(H,112,135)(H,113,132)(H,114,131)(H,121,122)(H4,98,99,100)/t53-,54-,64-,65-,66-,67-,68-,69-,70-,71-,72-,73-,74-,75+,79-/m0/s1. The van der Waals surface area contributed by atoms with Crippen LogP contribution in [0.25, 0.3) is 22.0 Å². The van der Waals surface area contributed by atoms with Crippen molar-refractivity contribution in [3.05, 3.63) is 162 Å². The van der Waals surface area contributed by atoms with Crippen LogP contribution in [0, 0.1) is 23.2 Å². The Morgan fingerprint density at radius 1 is 0.507 bits per heavy atom. The van der Waals surface area contributed by atoms with Crippen LogP contribution in [-0.2, 0) is 112 Å². The second kappa shape index (κ2) is 52.5. The molecule has 15 atom stereocenters. The molecule has 17 amide bonds. The fraction of sp³-hybridized carbons (Fsp3) is 0.463. The number of carboxylic acid groups (broad SMARTS) is 1. The van der Waals surface area contributed by atoms with Gasteiger partial charge in [0.15, 0.2) is 5.96 Å². The number of amides is 17. The van der Waals surface area contributed by atoms with Gasteiger partial charge in [0.25, 0.3) is 0 Å². The zero-order chi connectivity index (χ0) is 101. The van der Waals surface area contributed by atoms with Crippen molar-refractivity contribution in [2.75, 3.05) is 38.2 Å². The Kier molecular flexibility index (Phi) is 41.4. The molecule has 2 fully saturated rings. The highest BCUT2D eigenvalue weighted by molar-refractivity contribution is 8.00. The number of thioether (sulfide) groups is 1. The SMILES string of the molecule is CC(C)C[C@@H]1NC(=O)[C@H](Cc2c[nH]c3ccccc23)NC(=O)[C@H](CC(=O)O)NC(=O)[C@H](Cc2ccc(O)cc2)NC(=O)[C@H](Cc2ccccc2)NC(=O)CSC[C@@H](C(=O)N[C@@H](C)C(N)=O)NC(=O)[C@H](CO)NC(=O)[C@H](C(C)C)NC(=O)[C@H](CC(C)C)NC(=O)[C@H](CC(N)=O)NC(=O)[C@H]2CCCN2C(=O)[C@H](C)N(C)C(=O)[C@H](CCCNC(=N)N)NC(=O)[C@H](Cc2ccc(-c3ccccc3)cc2)NC1=O. The summed E-state index contributed by atoms with van der Waals surface area (Å²) in [6, 6.07) is 12.2. The first-order valence-electron chi connectivity index (χ1n) is 45.6. The Balaban J connectivity index is 1.21. The number of hydrogen-bond acceptors (Lipinski definition) is 22. The highest BCUT2D eigenvalue weighted by Gasteiger charge is 2.44. The average molecular weight is 1930 g/mol. The van der Waals surface area contributed by atoms with Gasteiger partial charge in [-0.05, 0) is 122 Å². The maximum atomic E-state index is 15.5. The van der Waals surface area contributed by atoms with E-state index in [-0.39, 0.29) is 88.1 Å². The minimum Gasteiger partial charge on any atom is -0.508 e. The zero-order valence-electron chi connectivity index (χ0n) is 78.4. The number of likely N-dealkylation sites (N-methyl/N-ethyl adjacent to an activating group) is 1. The van der Waals surface area contributed by atoms with Crippen LogP contribution < -0.4 is 91.6 Å². The van der Waals surface area contributed by atoms with Crippen molar-refractivity contribution in [3.8, 4) is 16.9 Å². The molecule has 43 heteroatoms. The molecule has 0 bridgehead atoms. The number of aliphatic hydroxyl groups is 1. The number of hydrogen-bond donors (Lipinski definition) is 22. The molecule has 0 aliphatic carbocycles. The molecular formula is C95H127N21O21S. The normalized spacial score (nSPS) is 23.5. The van der Waals surface area contributed by atoms with E-state index in [0.717, 1.165) is 20.9 Å². The molecule has 0 spiro atoms. The van der Waals surface area contributed by atoms with Gasteiger partial charge in [-0.1, -0.05) is 157 Å². The van der Waals surface area contributed by atoms with E-state index in [0.29, 0.717) is 39.4 Å². The number of carbonyl (C=O) groups is 18. The van der Waals surface area contributed by atoms with Crippen LogP contribution in [0.3, 0.4) is 0 Å². The summed E-state index contributed by atoms with van der Waals surface area (Å²) in [5.74, 6) is -22.5. The molecule has 744 valence electrons. The number of phenols is 1. The monoisotopic (exact) mass is 1930 g/mol. The second-order valence-electron chi connectivity index (χ2n) is 35.5. The summed E-state index contributed by atoms with van der Waals surface area (Å²) in [7, 11) is 1.27. The predicted molar refractivity (Wildman–Crippen MR) is 510 cm³/mol. The number of phenolic OH excluding ortho intramolecular Hbond substituents is 1. The summed E-state index contributed by atoms with van der Waals surface area (Å²) in [5.41, 5.74) is 20.7. The Hall–Kier alpha value is -14.5. The number of guanidine groups is 1. The van der Waals surface area contributed by atoms with Gasteiger partial charge in [-0.3, -0.25) is 91.7 Å². The lowest BCUT2D eigenvalue weighted by atomic mass is 9.98. The van der Waals surface area contributed by atoms with Crippen molar-refractivity contribution in [2.24, 2.45) is 35.0 Å². The van der Waals surface area contributed by atoms with Crippen molar-refractivity contribution >= 4 is 135 Å². The van der Waals surface area contributed by atoms with Crippen LogP contribution in [0.15, 0.2) is 140 Å². The molecule has 2 aliphatic heterocycles. The number of aromatic hydroxyl groups is 1. The Bertz CT molecular complexity index is 5320. The molecule has 2 aliphatic rings. The summed E-state index contributed by atoms with van der Waals surface area (Å²) >= 11 is 0.700. The fourth-order valence-electron chi connectivity index (χ4n) is 15.7. The van der Waals surface area contributed by atoms with E-state index < -0.39 is 252 Å². The molecular weight excluding hydrogens is 1800 g/mol. The summed E-state index contributed by atoms with van der Waals surface area (Å²) < 4.78 is 0. The van der Waals surface area contributed by atoms with E-state index in [1.165, 1.54) is 59.0 Å². The first-order chi connectivity index (χ1) is 65.5. The minimum atomic E-state index is -2.08. The Morgan fingerprint density at radius 2 is 0.964 bits per heavy atom. The summed E-state index contributed by atoms with van der Waals surface area (Å²) in [5, 5.41) is 76.2. The molecule has 2 saturated heterocycles. The zero-order valence-corrected chi connectivity index (χ0v) is 79.2. The number of fused-ring (bicyclic) bond motifs is 2. The number of para-hydroxylation sites is 1. The van der Waals surface area contributed by atoms with Gasteiger partial charge in [0.05, 0.1) is 25.2 Å². The topological polar surface area (TPSA) is 661 Å².